The van der Waals surface area contributed by atoms with Crippen molar-refractivity contribution < 1.29 is 0 Å². The van der Waals surface area contributed by atoms with Crippen molar-refractivity contribution in [2.45, 2.75) is 46.1 Å². The predicted molar refractivity (Wildman–Crippen MR) is 58.8 cm³/mol. The van der Waals surface area contributed by atoms with Gasteiger partial charge in [0.15, 0.2) is 0 Å². The van der Waals surface area contributed by atoms with E-state index in [2.05, 4.69) is 32.7 Å². The Morgan fingerprint density at radius 2 is 2.15 bits per heavy atom. The van der Waals surface area contributed by atoms with E-state index in [4.69, 9.17) is 0 Å². The van der Waals surface area contributed by atoms with Crippen LogP contribution in [0.15, 0.2) is 12.2 Å². The van der Waals surface area contributed by atoms with Crippen molar-refractivity contribution in [1.29, 1.82) is 0 Å². The first kappa shape index (κ1) is 10.8. The Labute approximate surface area is 82.6 Å². The molecule has 1 nitrogen and oxygen atoms in total. The minimum Gasteiger partial charge on any atom is -0.314 e. The van der Waals surface area contributed by atoms with Crippen molar-refractivity contribution in [3.63, 3.8) is 0 Å². The molecule has 1 aliphatic rings. The van der Waals surface area contributed by atoms with Gasteiger partial charge in [0.05, 0.1) is 0 Å². The normalized spacial score (nSPS) is 21.2. The highest BCUT2D eigenvalue weighted by atomic mass is 14.9. The Morgan fingerprint density at radius 3 is 2.54 bits per heavy atom. The Kier molecular flexibility index (Phi) is 3.98. The molecule has 0 saturated heterocycles. The van der Waals surface area contributed by atoms with Gasteiger partial charge in [-0.3, -0.25) is 0 Å². The minimum absolute atomic E-state index is 0.662. The first-order chi connectivity index (χ1) is 6.15. The molecule has 0 heterocycles. The fourth-order valence-corrected chi connectivity index (χ4v) is 2.03. The van der Waals surface area contributed by atoms with Crippen LogP contribution in [0.5, 0.6) is 0 Å². The number of rotatable bonds is 6. The summed E-state index contributed by atoms with van der Waals surface area (Å²) in [7, 11) is 0. The van der Waals surface area contributed by atoms with Gasteiger partial charge < -0.3 is 5.32 Å². The molecule has 1 rings (SSSR count). The topological polar surface area (TPSA) is 12.0 Å². The van der Waals surface area contributed by atoms with Gasteiger partial charge in [-0.2, -0.15) is 0 Å². The monoisotopic (exact) mass is 181 g/mol. The van der Waals surface area contributed by atoms with Gasteiger partial charge in [-0.15, -0.1) is 6.58 Å². The first-order valence-corrected chi connectivity index (χ1v) is 5.53. The molecule has 1 heteroatoms. The van der Waals surface area contributed by atoms with Gasteiger partial charge >= 0.3 is 0 Å². The average Bonchev–Trinajstić information content (AvgIpc) is 2.84. The van der Waals surface area contributed by atoms with Gasteiger partial charge in [0, 0.05) is 6.04 Å². The molecular weight excluding hydrogens is 158 g/mol. The summed E-state index contributed by atoms with van der Waals surface area (Å²) in [6.45, 7) is 11.8. The van der Waals surface area contributed by atoms with E-state index in [1.54, 1.807) is 0 Å². The molecule has 1 N–H and O–H groups in total. The highest BCUT2D eigenvalue weighted by Crippen LogP contribution is 2.39. The molecule has 0 radical (unpaired) electrons. The SMILES string of the molecule is C=C(C)CC(NCC)C(C)C1CC1. The van der Waals surface area contributed by atoms with Crippen molar-refractivity contribution >= 4 is 0 Å². The van der Waals surface area contributed by atoms with Gasteiger partial charge in [0.25, 0.3) is 0 Å². The third kappa shape index (κ3) is 3.51. The summed E-state index contributed by atoms with van der Waals surface area (Å²) < 4.78 is 0. The lowest BCUT2D eigenvalue weighted by molar-refractivity contribution is 0.344. The van der Waals surface area contributed by atoms with Crippen LogP contribution in [0.4, 0.5) is 0 Å². The van der Waals surface area contributed by atoms with Gasteiger partial charge in [-0.1, -0.05) is 19.4 Å². The van der Waals surface area contributed by atoms with E-state index < -0.39 is 0 Å². The molecule has 0 aromatic rings. The second kappa shape index (κ2) is 4.80. The largest absolute Gasteiger partial charge is 0.314 e. The predicted octanol–water partition coefficient (Wildman–Crippen LogP) is 2.98. The van der Waals surface area contributed by atoms with Crippen molar-refractivity contribution in [1.82, 2.24) is 5.32 Å². The van der Waals surface area contributed by atoms with E-state index in [0.29, 0.717) is 6.04 Å². The van der Waals surface area contributed by atoms with E-state index in [0.717, 1.165) is 24.8 Å². The molecule has 0 aromatic heterocycles. The Bertz CT molecular complexity index is 170. The molecule has 0 amide bonds. The van der Waals surface area contributed by atoms with E-state index in [-0.39, 0.29) is 0 Å². The summed E-state index contributed by atoms with van der Waals surface area (Å²) in [6.07, 6.45) is 4.03. The highest BCUT2D eigenvalue weighted by molar-refractivity contribution is 4.97. The highest BCUT2D eigenvalue weighted by Gasteiger charge is 2.32. The van der Waals surface area contributed by atoms with Gasteiger partial charge in [-0.25, -0.2) is 0 Å². The standard InChI is InChI=1S/C12H23N/c1-5-13-12(8-9(2)3)10(4)11-6-7-11/h10-13H,2,5-8H2,1,3-4H3. The van der Waals surface area contributed by atoms with Crippen molar-refractivity contribution in [3.8, 4) is 0 Å². The molecule has 0 aliphatic heterocycles. The molecule has 0 bridgehead atoms. The van der Waals surface area contributed by atoms with E-state index in [9.17, 15) is 0 Å². The van der Waals surface area contributed by atoms with Gasteiger partial charge in [0.1, 0.15) is 0 Å². The summed E-state index contributed by atoms with van der Waals surface area (Å²) >= 11 is 0. The summed E-state index contributed by atoms with van der Waals surface area (Å²) in [5.74, 6) is 1.82. The molecule has 2 unspecified atom stereocenters. The van der Waals surface area contributed by atoms with Crippen molar-refractivity contribution in [2.24, 2.45) is 11.8 Å². The maximum absolute atomic E-state index is 4.00. The molecule has 1 fully saturated rings. The fourth-order valence-electron chi connectivity index (χ4n) is 2.03. The summed E-state index contributed by atoms with van der Waals surface area (Å²) in [4.78, 5) is 0. The minimum atomic E-state index is 0.662. The Morgan fingerprint density at radius 1 is 1.54 bits per heavy atom. The lowest BCUT2D eigenvalue weighted by Gasteiger charge is -2.24. The molecular formula is C12H23N. The molecule has 76 valence electrons. The molecule has 0 aromatic carbocycles. The van der Waals surface area contributed by atoms with Crippen molar-refractivity contribution in [2.75, 3.05) is 6.54 Å². The maximum atomic E-state index is 4.00. The second-order valence-corrected chi connectivity index (χ2v) is 4.52. The lowest BCUT2D eigenvalue weighted by atomic mass is 9.92. The van der Waals surface area contributed by atoms with Crippen LogP contribution < -0.4 is 5.32 Å². The quantitative estimate of drug-likeness (QED) is 0.621. The Balaban J connectivity index is 2.39. The van der Waals surface area contributed by atoms with Crippen LogP contribution in [0.1, 0.15) is 40.0 Å². The van der Waals surface area contributed by atoms with Gasteiger partial charge in [0.2, 0.25) is 0 Å². The van der Waals surface area contributed by atoms with Crippen LogP contribution >= 0.6 is 0 Å². The molecule has 1 aliphatic carbocycles. The second-order valence-electron chi connectivity index (χ2n) is 4.52. The van der Waals surface area contributed by atoms with E-state index in [1.807, 2.05) is 0 Å². The van der Waals surface area contributed by atoms with E-state index in [1.165, 1.54) is 18.4 Å². The summed E-state index contributed by atoms with van der Waals surface area (Å²) in [6, 6.07) is 0.662. The molecule has 2 atom stereocenters. The number of nitrogens with one attached hydrogen (secondary N) is 1. The maximum Gasteiger partial charge on any atom is 0.0132 e. The third-order valence-electron chi connectivity index (χ3n) is 3.03. The Hall–Kier alpha value is -0.300. The van der Waals surface area contributed by atoms with Crippen LogP contribution in [-0.4, -0.2) is 12.6 Å². The van der Waals surface area contributed by atoms with Crippen LogP contribution in [0.2, 0.25) is 0 Å². The zero-order valence-corrected chi connectivity index (χ0v) is 9.27. The molecule has 0 spiro atoms. The zero-order valence-electron chi connectivity index (χ0n) is 9.27. The average molecular weight is 181 g/mol. The van der Waals surface area contributed by atoms with Crippen LogP contribution in [-0.2, 0) is 0 Å². The van der Waals surface area contributed by atoms with E-state index >= 15 is 0 Å². The first-order valence-electron chi connectivity index (χ1n) is 5.53. The van der Waals surface area contributed by atoms with Crippen molar-refractivity contribution in [3.05, 3.63) is 12.2 Å². The zero-order chi connectivity index (χ0) is 9.84. The third-order valence-corrected chi connectivity index (χ3v) is 3.03. The fraction of sp³-hybridized carbons (Fsp3) is 0.833. The smallest absolute Gasteiger partial charge is 0.0132 e. The molecule has 1 saturated carbocycles. The lowest BCUT2D eigenvalue weighted by Crippen LogP contribution is -2.36. The van der Waals surface area contributed by atoms with Gasteiger partial charge in [-0.05, 0) is 44.6 Å². The number of hydrogen-bond acceptors (Lipinski definition) is 1. The summed E-state index contributed by atoms with van der Waals surface area (Å²) in [5, 5.41) is 3.57. The van der Waals surface area contributed by atoms with Crippen LogP contribution in [0, 0.1) is 11.8 Å². The van der Waals surface area contributed by atoms with Crippen LogP contribution in [0.3, 0.4) is 0 Å². The van der Waals surface area contributed by atoms with Crippen LogP contribution in [0.25, 0.3) is 0 Å². The number of hydrogen-bond donors (Lipinski definition) is 1. The molecule has 13 heavy (non-hydrogen) atoms. The summed E-state index contributed by atoms with van der Waals surface area (Å²) in [5.41, 5.74) is 1.30.